The number of hydrogen-bond donors (Lipinski definition) is 0. The number of terminal acetylenes is 1. The van der Waals surface area contributed by atoms with Crippen molar-refractivity contribution in [3.63, 3.8) is 0 Å². The molecule has 7 nitrogen and oxygen atoms in total. The summed E-state index contributed by atoms with van der Waals surface area (Å²) < 4.78 is 0. The van der Waals surface area contributed by atoms with Gasteiger partial charge in [-0.05, 0) is 124 Å². The summed E-state index contributed by atoms with van der Waals surface area (Å²) in [4.78, 5) is 63.5. The molecule has 5 unspecified atom stereocenters. The minimum Gasteiger partial charge on any atom is -0.296 e. The van der Waals surface area contributed by atoms with E-state index in [9.17, 15) is 19.2 Å². The van der Waals surface area contributed by atoms with Gasteiger partial charge >= 0.3 is 0 Å². The lowest BCUT2D eigenvalue weighted by Gasteiger charge is -2.54. The van der Waals surface area contributed by atoms with Crippen molar-refractivity contribution in [3.05, 3.63) is 71.8 Å². The number of piperidine rings is 1. The van der Waals surface area contributed by atoms with Gasteiger partial charge in [-0.2, -0.15) is 0 Å². The monoisotopic (exact) mass is 829 g/mol. The van der Waals surface area contributed by atoms with Crippen LogP contribution in [0.3, 0.4) is 0 Å². The molecule has 3 aliphatic rings. The molecular formula is C56H51N3O4. The highest BCUT2D eigenvalue weighted by molar-refractivity contribution is 6.08. The molecule has 3 aliphatic heterocycles. The predicted octanol–water partition coefficient (Wildman–Crippen LogP) is 6.19. The maximum absolute atomic E-state index is 14.9. The number of hydrogen-bond acceptors (Lipinski definition) is 5. The molecule has 3 heterocycles. The molecule has 0 spiro atoms. The smallest absolute Gasteiger partial charge is 0.245 e. The van der Waals surface area contributed by atoms with Crippen molar-refractivity contribution in [3.8, 4) is 107 Å². The van der Waals surface area contributed by atoms with Crippen LogP contribution in [0.2, 0.25) is 0 Å². The van der Waals surface area contributed by atoms with Crippen LogP contribution in [0.5, 0.6) is 0 Å². The Labute approximate surface area is 374 Å². The van der Waals surface area contributed by atoms with Gasteiger partial charge in [-0.25, -0.2) is 4.90 Å². The second-order valence-corrected chi connectivity index (χ2v) is 18.4. The number of benzene rings is 2. The lowest BCUT2D eigenvalue weighted by molar-refractivity contribution is -0.148. The average Bonchev–Trinajstić information content (AvgIpc) is 3.60. The van der Waals surface area contributed by atoms with E-state index in [1.165, 1.54) is 4.90 Å². The summed E-state index contributed by atoms with van der Waals surface area (Å²) >= 11 is 0. The number of carbonyl (C=O) groups excluding carboxylic acids is 4. The Balaban J connectivity index is 1.49. The Morgan fingerprint density at radius 2 is 1.03 bits per heavy atom. The molecule has 0 radical (unpaired) electrons. The fourth-order valence-corrected chi connectivity index (χ4v) is 9.56. The lowest BCUT2D eigenvalue weighted by atomic mass is 9.60. The SMILES string of the molecule is C#CC#CC#CC#CC#CC#CC#CC#CC#CN1C(=O)C(CC(C)(C)c2ccccc2)C(C(C)(CC2C(=O)N(C3CC(C)(C)N(C)C(C)(C)C3)C(=O)C2C)c2ccccc2)C1=O. The van der Waals surface area contributed by atoms with Crippen molar-refractivity contribution >= 4 is 23.6 Å². The van der Waals surface area contributed by atoms with E-state index in [1.54, 1.807) is 0 Å². The minimum absolute atomic E-state index is 0.176. The number of carbonyl (C=O) groups is 4. The average molecular weight is 830 g/mol. The molecule has 5 rings (SSSR count). The molecule has 7 heteroatoms. The fourth-order valence-electron chi connectivity index (χ4n) is 9.56. The summed E-state index contributed by atoms with van der Waals surface area (Å²) in [6, 6.07) is 21.9. The van der Waals surface area contributed by atoms with E-state index in [-0.39, 0.29) is 35.4 Å². The van der Waals surface area contributed by atoms with Crippen LogP contribution in [0.15, 0.2) is 60.7 Å². The van der Waals surface area contributed by atoms with E-state index >= 15 is 0 Å². The van der Waals surface area contributed by atoms with Crippen molar-refractivity contribution in [2.45, 2.75) is 109 Å². The first-order valence-electron chi connectivity index (χ1n) is 20.9. The van der Waals surface area contributed by atoms with Gasteiger partial charge in [0.25, 0.3) is 0 Å². The van der Waals surface area contributed by atoms with Crippen LogP contribution in [-0.4, -0.2) is 62.5 Å². The molecule has 4 amide bonds. The largest absolute Gasteiger partial charge is 0.296 e. The Morgan fingerprint density at radius 3 is 1.51 bits per heavy atom. The van der Waals surface area contributed by atoms with Crippen molar-refractivity contribution in [2.24, 2.45) is 23.7 Å². The van der Waals surface area contributed by atoms with Crippen LogP contribution < -0.4 is 0 Å². The van der Waals surface area contributed by atoms with Gasteiger partial charge in [-0.3, -0.25) is 29.0 Å². The first-order valence-corrected chi connectivity index (χ1v) is 20.9. The molecular weight excluding hydrogens is 779 g/mol. The van der Waals surface area contributed by atoms with Crippen LogP contribution in [0.25, 0.3) is 0 Å². The fraction of sp³-hybridized carbons (Fsp3) is 0.393. The molecule has 0 N–H and O–H groups in total. The summed E-state index contributed by atoms with van der Waals surface area (Å²) in [5, 5.41) is 0. The summed E-state index contributed by atoms with van der Waals surface area (Å²) in [6.45, 7) is 16.5. The summed E-state index contributed by atoms with van der Waals surface area (Å²) in [5.74, 6) is 35.6. The quantitative estimate of drug-likeness (QED) is 0.235. The van der Waals surface area contributed by atoms with E-state index in [0.29, 0.717) is 19.3 Å². The van der Waals surface area contributed by atoms with Crippen LogP contribution >= 0.6 is 0 Å². The Hall–Kier alpha value is -7.28. The predicted molar refractivity (Wildman–Crippen MR) is 246 cm³/mol. The van der Waals surface area contributed by atoms with Crippen LogP contribution in [0, 0.1) is 131 Å². The number of likely N-dealkylation sites (tertiary alicyclic amines) is 3. The molecule has 3 fully saturated rings. The molecule has 3 saturated heterocycles. The van der Waals surface area contributed by atoms with Gasteiger partial charge in [-0.15, -0.1) is 6.42 Å². The Kier molecular flexibility index (Phi) is 14.6. The van der Waals surface area contributed by atoms with Gasteiger partial charge in [0, 0.05) is 81.9 Å². The van der Waals surface area contributed by atoms with Gasteiger partial charge in [0.2, 0.25) is 23.6 Å². The van der Waals surface area contributed by atoms with Crippen molar-refractivity contribution in [1.82, 2.24) is 14.7 Å². The first-order chi connectivity index (χ1) is 29.9. The molecule has 2 aromatic rings. The van der Waals surface area contributed by atoms with E-state index in [0.717, 1.165) is 16.0 Å². The second kappa shape index (κ2) is 19.6. The minimum atomic E-state index is -1.06. The van der Waals surface area contributed by atoms with Gasteiger partial charge in [0.1, 0.15) is 0 Å². The standard InChI is InChI=1S/C56H51N3O4/c1-11-12-13-14-15-16-17-18-19-20-21-22-23-24-25-32-37-58-50(61)47(40-53(3,4)43-33-28-26-29-34-43)48(52(58)63)56(9,44-35-30-27-31-36-44)41-46-42(2)49(60)59(51(46)62)45-38-54(5,6)57(10)55(7,8)39-45/h1,26-31,33-36,42,45-48H,38-41H2,2-10H3. The van der Waals surface area contributed by atoms with Gasteiger partial charge < -0.3 is 0 Å². The van der Waals surface area contributed by atoms with Crippen molar-refractivity contribution < 1.29 is 19.2 Å². The van der Waals surface area contributed by atoms with E-state index in [2.05, 4.69) is 154 Å². The highest BCUT2D eigenvalue weighted by atomic mass is 16.2. The molecule has 2 aromatic carbocycles. The molecule has 0 aliphatic carbocycles. The number of nitrogens with zero attached hydrogens (tertiary/aromatic N) is 3. The van der Waals surface area contributed by atoms with Crippen molar-refractivity contribution in [2.75, 3.05) is 7.05 Å². The third kappa shape index (κ3) is 10.4. The zero-order valence-corrected chi connectivity index (χ0v) is 37.5. The number of amides is 4. The maximum atomic E-state index is 14.9. The summed E-state index contributed by atoms with van der Waals surface area (Å²) in [6.07, 6.45) is 6.81. The Bertz CT molecular complexity index is 2720. The van der Waals surface area contributed by atoms with E-state index < -0.39 is 46.3 Å². The normalized spacial score (nSPS) is 22.0. The van der Waals surface area contributed by atoms with Gasteiger partial charge in [0.15, 0.2) is 0 Å². The Morgan fingerprint density at radius 1 is 0.587 bits per heavy atom. The van der Waals surface area contributed by atoms with Crippen molar-refractivity contribution in [1.29, 1.82) is 0 Å². The third-order valence-corrected chi connectivity index (χ3v) is 13.0. The van der Waals surface area contributed by atoms with Gasteiger partial charge in [-0.1, -0.05) is 88.4 Å². The molecule has 0 saturated carbocycles. The maximum Gasteiger partial charge on any atom is 0.245 e. The highest BCUT2D eigenvalue weighted by Crippen LogP contribution is 2.52. The first kappa shape index (κ1) is 46.8. The van der Waals surface area contributed by atoms with Crippen LogP contribution in [0.1, 0.15) is 92.2 Å². The third-order valence-electron chi connectivity index (χ3n) is 13.0. The van der Waals surface area contributed by atoms with Crippen LogP contribution in [0.4, 0.5) is 0 Å². The molecule has 63 heavy (non-hydrogen) atoms. The highest BCUT2D eigenvalue weighted by Gasteiger charge is 2.60. The lowest BCUT2D eigenvalue weighted by Crippen LogP contribution is -2.63. The van der Waals surface area contributed by atoms with Crippen LogP contribution in [-0.2, 0) is 30.0 Å². The van der Waals surface area contributed by atoms with E-state index in [4.69, 9.17) is 6.42 Å². The van der Waals surface area contributed by atoms with Gasteiger partial charge in [0.05, 0.1) is 17.8 Å². The molecule has 314 valence electrons. The van der Waals surface area contributed by atoms with E-state index in [1.807, 2.05) is 74.5 Å². The number of imide groups is 2. The molecule has 5 atom stereocenters. The second-order valence-electron chi connectivity index (χ2n) is 18.4. The molecule has 0 bridgehead atoms. The zero-order valence-electron chi connectivity index (χ0n) is 37.5. The number of rotatable bonds is 8. The molecule has 0 aromatic heterocycles. The zero-order chi connectivity index (χ0) is 46.0. The topological polar surface area (TPSA) is 78.0 Å². The summed E-state index contributed by atoms with van der Waals surface area (Å²) in [7, 11) is 2.10. The summed E-state index contributed by atoms with van der Waals surface area (Å²) in [5.41, 5.74) is -0.278.